The van der Waals surface area contributed by atoms with Crippen LogP contribution in [-0.2, 0) is 4.79 Å². The number of rotatable bonds is 6. The van der Waals surface area contributed by atoms with Crippen LogP contribution in [0.3, 0.4) is 0 Å². The maximum atomic E-state index is 12.6. The summed E-state index contributed by atoms with van der Waals surface area (Å²) in [6.07, 6.45) is 8.16. The van der Waals surface area contributed by atoms with Gasteiger partial charge in [-0.1, -0.05) is 60.2 Å². The molecule has 0 heterocycles. The third-order valence-corrected chi connectivity index (χ3v) is 6.96. The van der Waals surface area contributed by atoms with E-state index in [0.717, 1.165) is 30.2 Å². The Hall–Kier alpha value is -2.32. The van der Waals surface area contributed by atoms with E-state index < -0.39 is 11.8 Å². The van der Waals surface area contributed by atoms with E-state index in [-0.39, 0.29) is 17.7 Å². The third kappa shape index (κ3) is 7.67. The zero-order chi connectivity index (χ0) is 22.8. The summed E-state index contributed by atoms with van der Waals surface area (Å²) >= 11 is 4.64. The number of thioether (sulfide) groups is 1. The van der Waals surface area contributed by atoms with Gasteiger partial charge in [0, 0.05) is 21.0 Å². The van der Waals surface area contributed by atoms with Gasteiger partial charge < -0.3 is 5.32 Å². The van der Waals surface area contributed by atoms with Gasteiger partial charge in [-0.25, -0.2) is 0 Å². The van der Waals surface area contributed by atoms with Gasteiger partial charge in [-0.2, -0.15) is 0 Å². The molecule has 0 spiro atoms. The second-order valence-electron chi connectivity index (χ2n) is 7.81. The van der Waals surface area contributed by atoms with Crippen molar-refractivity contribution in [2.75, 3.05) is 5.75 Å². The summed E-state index contributed by atoms with van der Waals surface area (Å²) in [6, 6.07) is 14.1. The van der Waals surface area contributed by atoms with Crippen molar-refractivity contribution >= 4 is 45.4 Å². The first kappa shape index (κ1) is 24.3. The number of carbonyl (C=O) groups is 3. The van der Waals surface area contributed by atoms with Crippen LogP contribution in [0.4, 0.5) is 0 Å². The lowest BCUT2D eigenvalue weighted by Gasteiger charge is -2.21. The van der Waals surface area contributed by atoms with Crippen molar-refractivity contribution in [3.05, 3.63) is 64.1 Å². The topological polar surface area (TPSA) is 87.3 Å². The molecule has 8 heteroatoms. The van der Waals surface area contributed by atoms with Crippen LogP contribution in [0.2, 0.25) is 0 Å². The molecule has 2 aromatic rings. The van der Waals surface area contributed by atoms with Gasteiger partial charge in [-0.05, 0) is 49.2 Å². The molecule has 0 radical (unpaired) electrons. The molecule has 0 aromatic heterocycles. The van der Waals surface area contributed by atoms with Gasteiger partial charge in [0.15, 0.2) is 0 Å². The molecule has 0 atom stereocenters. The van der Waals surface area contributed by atoms with Crippen molar-refractivity contribution in [2.45, 2.75) is 55.9 Å². The SMILES string of the molecule is O=C(CSc1ccccc1C(=O)NNC(=O)c1ccc(Br)cc1)NC1CCCCCCC1. The highest BCUT2D eigenvalue weighted by Gasteiger charge is 2.17. The molecule has 1 aliphatic rings. The molecular formula is C24H28BrN3O3S. The molecule has 0 aliphatic heterocycles. The predicted molar refractivity (Wildman–Crippen MR) is 130 cm³/mol. The fraction of sp³-hybridized carbons (Fsp3) is 0.375. The van der Waals surface area contributed by atoms with Crippen LogP contribution in [-0.4, -0.2) is 29.5 Å². The summed E-state index contributed by atoms with van der Waals surface area (Å²) in [7, 11) is 0. The van der Waals surface area contributed by atoms with Crippen molar-refractivity contribution in [3.63, 3.8) is 0 Å². The van der Waals surface area contributed by atoms with E-state index in [1.165, 1.54) is 31.0 Å². The second-order valence-corrected chi connectivity index (χ2v) is 9.74. The van der Waals surface area contributed by atoms with E-state index in [9.17, 15) is 14.4 Å². The highest BCUT2D eigenvalue weighted by Crippen LogP contribution is 2.23. The molecule has 0 bridgehead atoms. The van der Waals surface area contributed by atoms with E-state index in [1.807, 2.05) is 6.07 Å². The average Bonchev–Trinajstić information content (AvgIpc) is 2.78. The Morgan fingerprint density at radius 1 is 0.844 bits per heavy atom. The maximum absolute atomic E-state index is 12.6. The third-order valence-electron chi connectivity index (χ3n) is 5.36. The van der Waals surface area contributed by atoms with Crippen LogP contribution < -0.4 is 16.2 Å². The zero-order valence-electron chi connectivity index (χ0n) is 17.9. The van der Waals surface area contributed by atoms with Crippen LogP contribution in [0, 0.1) is 0 Å². The van der Waals surface area contributed by atoms with Gasteiger partial charge in [-0.3, -0.25) is 25.2 Å². The Labute approximate surface area is 201 Å². The van der Waals surface area contributed by atoms with E-state index in [1.54, 1.807) is 42.5 Å². The highest BCUT2D eigenvalue weighted by atomic mass is 79.9. The smallest absolute Gasteiger partial charge is 0.270 e. The lowest BCUT2D eigenvalue weighted by Crippen LogP contribution is -2.41. The van der Waals surface area contributed by atoms with Crippen LogP contribution in [0.1, 0.15) is 65.7 Å². The van der Waals surface area contributed by atoms with Crippen LogP contribution in [0.5, 0.6) is 0 Å². The molecule has 1 saturated carbocycles. The van der Waals surface area contributed by atoms with Crippen LogP contribution in [0.15, 0.2) is 57.9 Å². The van der Waals surface area contributed by atoms with E-state index in [2.05, 4.69) is 32.1 Å². The molecule has 3 amide bonds. The quantitative estimate of drug-likeness (QED) is 0.377. The molecular weight excluding hydrogens is 490 g/mol. The Kier molecular flexibility index (Phi) is 9.62. The lowest BCUT2D eigenvalue weighted by molar-refractivity contribution is -0.119. The first-order valence-electron chi connectivity index (χ1n) is 10.9. The molecule has 3 rings (SSSR count). The number of hydrogen-bond acceptors (Lipinski definition) is 4. The van der Waals surface area contributed by atoms with Crippen LogP contribution in [0.25, 0.3) is 0 Å². The standard InChI is InChI=1S/C24H28BrN3O3S/c25-18-14-12-17(13-15-18)23(30)27-28-24(31)20-10-6-7-11-21(20)32-16-22(29)26-19-8-4-2-1-3-5-9-19/h6-7,10-15,19H,1-5,8-9,16H2,(H,26,29)(H,27,30)(H,28,31). The number of nitrogens with one attached hydrogen (secondary N) is 3. The zero-order valence-corrected chi connectivity index (χ0v) is 20.3. The lowest BCUT2D eigenvalue weighted by atomic mass is 9.97. The number of halogens is 1. The summed E-state index contributed by atoms with van der Waals surface area (Å²) in [5, 5.41) is 3.15. The average molecular weight is 518 g/mol. The summed E-state index contributed by atoms with van der Waals surface area (Å²) in [5.41, 5.74) is 5.73. The Morgan fingerprint density at radius 3 is 2.19 bits per heavy atom. The van der Waals surface area contributed by atoms with Gasteiger partial charge in [0.2, 0.25) is 5.91 Å². The summed E-state index contributed by atoms with van der Waals surface area (Å²) < 4.78 is 0.864. The van der Waals surface area contributed by atoms with Gasteiger partial charge >= 0.3 is 0 Å². The van der Waals surface area contributed by atoms with Gasteiger partial charge in [-0.15, -0.1) is 11.8 Å². The Bertz CT molecular complexity index is 928. The molecule has 32 heavy (non-hydrogen) atoms. The van der Waals surface area contributed by atoms with Crippen molar-refractivity contribution in [3.8, 4) is 0 Å². The van der Waals surface area contributed by atoms with Crippen LogP contribution >= 0.6 is 27.7 Å². The molecule has 0 saturated heterocycles. The molecule has 170 valence electrons. The summed E-state index contributed by atoms with van der Waals surface area (Å²) in [5.74, 6) is -0.612. The minimum Gasteiger partial charge on any atom is -0.353 e. The van der Waals surface area contributed by atoms with E-state index in [0.29, 0.717) is 16.0 Å². The minimum absolute atomic E-state index is 0.0145. The maximum Gasteiger partial charge on any atom is 0.270 e. The highest BCUT2D eigenvalue weighted by molar-refractivity contribution is 9.10. The van der Waals surface area contributed by atoms with E-state index in [4.69, 9.17) is 0 Å². The fourth-order valence-electron chi connectivity index (χ4n) is 3.65. The van der Waals surface area contributed by atoms with E-state index >= 15 is 0 Å². The molecule has 0 unspecified atom stereocenters. The molecule has 2 aromatic carbocycles. The first-order chi connectivity index (χ1) is 15.5. The summed E-state index contributed by atoms with van der Waals surface area (Å²) in [6.45, 7) is 0. The predicted octanol–water partition coefficient (Wildman–Crippen LogP) is 4.85. The summed E-state index contributed by atoms with van der Waals surface area (Å²) in [4.78, 5) is 38.0. The fourth-order valence-corrected chi connectivity index (χ4v) is 4.77. The van der Waals surface area contributed by atoms with Crippen molar-refractivity contribution in [1.29, 1.82) is 0 Å². The number of hydrazine groups is 1. The molecule has 1 aliphatic carbocycles. The number of amides is 3. The normalized spacial score (nSPS) is 14.7. The molecule has 1 fully saturated rings. The molecule has 6 nitrogen and oxygen atoms in total. The van der Waals surface area contributed by atoms with Gasteiger partial charge in [0.25, 0.3) is 11.8 Å². The number of hydrogen-bond donors (Lipinski definition) is 3. The molecule has 3 N–H and O–H groups in total. The monoisotopic (exact) mass is 517 g/mol. The Balaban J connectivity index is 1.51. The number of carbonyl (C=O) groups excluding carboxylic acids is 3. The second kappa shape index (κ2) is 12.6. The van der Waals surface area contributed by atoms with Crippen molar-refractivity contribution < 1.29 is 14.4 Å². The van der Waals surface area contributed by atoms with Gasteiger partial charge in [0.05, 0.1) is 11.3 Å². The number of benzene rings is 2. The Morgan fingerprint density at radius 2 is 1.47 bits per heavy atom. The van der Waals surface area contributed by atoms with Crippen molar-refractivity contribution in [1.82, 2.24) is 16.2 Å². The van der Waals surface area contributed by atoms with Gasteiger partial charge in [0.1, 0.15) is 0 Å². The largest absolute Gasteiger partial charge is 0.353 e. The first-order valence-corrected chi connectivity index (χ1v) is 12.7. The minimum atomic E-state index is -0.431. The van der Waals surface area contributed by atoms with Crippen molar-refractivity contribution in [2.24, 2.45) is 0 Å².